The van der Waals surface area contributed by atoms with Gasteiger partial charge in [-0.05, 0) is 12.1 Å². The Balaban J connectivity index is 0.00000169. The Bertz CT molecular complexity index is 331. The fraction of sp³-hybridized carbons (Fsp3) is 0.222. The summed E-state index contributed by atoms with van der Waals surface area (Å²) in [7, 11) is 1.43. The summed E-state index contributed by atoms with van der Waals surface area (Å²) < 4.78 is 17.9. The summed E-state index contributed by atoms with van der Waals surface area (Å²) in [6.45, 7) is -0.191. The fourth-order valence-corrected chi connectivity index (χ4v) is 0.959. The van der Waals surface area contributed by atoms with Gasteiger partial charge in [0.1, 0.15) is 11.6 Å². The number of hydrogen-bond donors (Lipinski definition) is 1. The van der Waals surface area contributed by atoms with Crippen LogP contribution in [0.15, 0.2) is 18.2 Å². The first-order valence-corrected chi connectivity index (χ1v) is 3.76. The molecule has 3 nitrogen and oxygen atoms in total. The highest BCUT2D eigenvalue weighted by atomic mass is 35.5. The molecule has 0 heterocycles. The Labute approximate surface area is 87.5 Å². The van der Waals surface area contributed by atoms with E-state index in [4.69, 9.17) is 10.5 Å². The van der Waals surface area contributed by atoms with Gasteiger partial charge >= 0.3 is 0 Å². The Hall–Kier alpha value is -1.13. The van der Waals surface area contributed by atoms with E-state index in [2.05, 4.69) is 0 Å². The first-order chi connectivity index (χ1) is 6.19. The van der Waals surface area contributed by atoms with Crippen LogP contribution in [-0.2, 0) is 0 Å². The number of nitrogens with two attached hydrogens (primary N) is 1. The van der Waals surface area contributed by atoms with Gasteiger partial charge in [0, 0.05) is 6.07 Å². The van der Waals surface area contributed by atoms with Crippen LogP contribution in [0.5, 0.6) is 5.75 Å². The average molecular weight is 220 g/mol. The lowest BCUT2D eigenvalue weighted by Crippen LogP contribution is -2.15. The number of Topliss-reactive ketones (excluding diaryl/α,β-unsaturated/α-hetero) is 1. The first-order valence-electron chi connectivity index (χ1n) is 3.76. The van der Waals surface area contributed by atoms with Gasteiger partial charge < -0.3 is 10.5 Å². The first kappa shape index (κ1) is 12.9. The highest BCUT2D eigenvalue weighted by Crippen LogP contribution is 2.16. The van der Waals surface area contributed by atoms with Crippen molar-refractivity contribution in [1.29, 1.82) is 0 Å². The van der Waals surface area contributed by atoms with Crippen molar-refractivity contribution in [1.82, 2.24) is 0 Å². The van der Waals surface area contributed by atoms with Crippen molar-refractivity contribution < 1.29 is 13.9 Å². The summed E-state index contributed by atoms with van der Waals surface area (Å²) in [6, 6.07) is 4.04. The Morgan fingerprint density at radius 1 is 1.57 bits per heavy atom. The van der Waals surface area contributed by atoms with Crippen molar-refractivity contribution >= 4 is 18.2 Å². The lowest BCUT2D eigenvalue weighted by atomic mass is 10.1. The highest BCUT2D eigenvalue weighted by molar-refractivity contribution is 5.97. The van der Waals surface area contributed by atoms with Crippen LogP contribution in [0.1, 0.15) is 10.4 Å². The SMILES string of the molecule is COc1ccc(C(=O)CN)c(F)c1.Cl. The molecule has 0 atom stereocenters. The number of rotatable bonds is 3. The van der Waals surface area contributed by atoms with Crippen molar-refractivity contribution in [3.8, 4) is 5.75 Å². The van der Waals surface area contributed by atoms with Crippen LogP contribution in [0, 0.1) is 5.82 Å². The molecule has 0 spiro atoms. The van der Waals surface area contributed by atoms with Gasteiger partial charge in [0.25, 0.3) is 0 Å². The van der Waals surface area contributed by atoms with Gasteiger partial charge in [0.2, 0.25) is 0 Å². The van der Waals surface area contributed by atoms with Crippen molar-refractivity contribution in [3.05, 3.63) is 29.6 Å². The predicted octanol–water partition coefficient (Wildman–Crippen LogP) is 1.40. The number of carbonyl (C=O) groups excluding carboxylic acids is 1. The topological polar surface area (TPSA) is 52.3 Å². The third-order valence-electron chi connectivity index (χ3n) is 1.66. The van der Waals surface area contributed by atoms with Crippen LogP contribution in [0.3, 0.4) is 0 Å². The molecule has 2 N–H and O–H groups in total. The van der Waals surface area contributed by atoms with Crippen molar-refractivity contribution in [2.45, 2.75) is 0 Å². The molecule has 0 bridgehead atoms. The zero-order chi connectivity index (χ0) is 9.84. The van der Waals surface area contributed by atoms with E-state index in [0.717, 1.165) is 6.07 Å². The molecule has 0 aliphatic heterocycles. The maximum atomic E-state index is 13.1. The molecule has 0 saturated heterocycles. The number of halogens is 2. The summed E-state index contributed by atoms with van der Waals surface area (Å²) in [4.78, 5) is 11.0. The number of methoxy groups -OCH3 is 1. The largest absolute Gasteiger partial charge is 0.497 e. The molecule has 0 aliphatic rings. The Morgan fingerprint density at radius 3 is 2.64 bits per heavy atom. The summed E-state index contributed by atoms with van der Waals surface area (Å²) in [5, 5.41) is 0. The predicted molar refractivity (Wildman–Crippen MR) is 53.6 cm³/mol. The molecule has 1 rings (SSSR count). The molecule has 5 heteroatoms. The van der Waals surface area contributed by atoms with Crippen LogP contribution in [0.4, 0.5) is 4.39 Å². The maximum absolute atomic E-state index is 13.1. The van der Waals surface area contributed by atoms with E-state index in [0.29, 0.717) is 5.75 Å². The smallest absolute Gasteiger partial charge is 0.179 e. The molecule has 0 aliphatic carbocycles. The second-order valence-corrected chi connectivity index (χ2v) is 2.47. The van der Waals surface area contributed by atoms with Crippen LogP contribution in [-0.4, -0.2) is 19.4 Å². The Kier molecular flexibility index (Phi) is 5.12. The lowest BCUT2D eigenvalue weighted by Gasteiger charge is -2.02. The highest BCUT2D eigenvalue weighted by Gasteiger charge is 2.10. The van der Waals surface area contributed by atoms with Crippen molar-refractivity contribution in [3.63, 3.8) is 0 Å². The van der Waals surface area contributed by atoms with Gasteiger partial charge in [-0.25, -0.2) is 4.39 Å². The molecule has 0 amide bonds. The van der Waals surface area contributed by atoms with Gasteiger partial charge in [-0.2, -0.15) is 0 Å². The molecule has 14 heavy (non-hydrogen) atoms. The summed E-state index contributed by atoms with van der Waals surface area (Å²) in [6.07, 6.45) is 0. The molecule has 1 aromatic rings. The molecule has 0 unspecified atom stereocenters. The van der Waals surface area contributed by atoms with E-state index in [9.17, 15) is 9.18 Å². The van der Waals surface area contributed by atoms with Gasteiger partial charge in [-0.3, -0.25) is 4.79 Å². The minimum Gasteiger partial charge on any atom is -0.497 e. The number of carbonyl (C=O) groups is 1. The van der Waals surface area contributed by atoms with Crippen LogP contribution in [0.2, 0.25) is 0 Å². The van der Waals surface area contributed by atoms with Gasteiger partial charge in [0.05, 0.1) is 19.2 Å². The van der Waals surface area contributed by atoms with E-state index in [1.807, 2.05) is 0 Å². The lowest BCUT2D eigenvalue weighted by molar-refractivity contribution is 0.0997. The quantitative estimate of drug-likeness (QED) is 0.782. The van der Waals surface area contributed by atoms with Gasteiger partial charge in [-0.15, -0.1) is 12.4 Å². The zero-order valence-electron chi connectivity index (χ0n) is 7.62. The third-order valence-corrected chi connectivity index (χ3v) is 1.66. The second kappa shape index (κ2) is 5.57. The molecule has 0 fully saturated rings. The van der Waals surface area contributed by atoms with Crippen LogP contribution in [0.25, 0.3) is 0 Å². The molecule has 0 radical (unpaired) electrons. The minimum atomic E-state index is -0.602. The number of benzene rings is 1. The monoisotopic (exact) mass is 219 g/mol. The van der Waals surface area contributed by atoms with Crippen molar-refractivity contribution in [2.75, 3.05) is 13.7 Å². The molecule has 78 valence electrons. The Morgan fingerprint density at radius 2 is 2.21 bits per heavy atom. The molecule has 0 saturated carbocycles. The van der Waals surface area contributed by atoms with Crippen molar-refractivity contribution in [2.24, 2.45) is 5.73 Å². The normalized spacial score (nSPS) is 9.07. The van der Waals surface area contributed by atoms with Crippen LogP contribution >= 0.6 is 12.4 Å². The minimum absolute atomic E-state index is 0. The summed E-state index contributed by atoms with van der Waals surface area (Å²) >= 11 is 0. The molecular weight excluding hydrogens is 209 g/mol. The molecule has 1 aromatic carbocycles. The number of hydrogen-bond acceptors (Lipinski definition) is 3. The maximum Gasteiger partial charge on any atom is 0.179 e. The van der Waals surface area contributed by atoms with Crippen LogP contribution < -0.4 is 10.5 Å². The molecular formula is C9H11ClFNO2. The number of ether oxygens (including phenoxy) is 1. The van der Waals surface area contributed by atoms with E-state index < -0.39 is 11.6 Å². The standard InChI is InChI=1S/C9H10FNO2.ClH/c1-13-6-2-3-7(8(10)4-6)9(12)5-11;/h2-4H,5,11H2,1H3;1H. The molecule has 0 aromatic heterocycles. The van der Waals surface area contributed by atoms with E-state index >= 15 is 0 Å². The van der Waals surface area contributed by atoms with E-state index in [-0.39, 0.29) is 24.5 Å². The second-order valence-electron chi connectivity index (χ2n) is 2.47. The zero-order valence-corrected chi connectivity index (χ0v) is 8.44. The summed E-state index contributed by atoms with van der Waals surface area (Å²) in [5.74, 6) is -0.638. The van der Waals surface area contributed by atoms with Gasteiger partial charge in [0.15, 0.2) is 5.78 Å². The average Bonchev–Trinajstić information content (AvgIpc) is 2.16. The fourth-order valence-electron chi connectivity index (χ4n) is 0.959. The van der Waals surface area contributed by atoms with E-state index in [1.165, 1.54) is 19.2 Å². The third kappa shape index (κ3) is 2.68. The number of ketones is 1. The summed E-state index contributed by atoms with van der Waals surface area (Å²) in [5.41, 5.74) is 5.10. The van der Waals surface area contributed by atoms with Gasteiger partial charge in [-0.1, -0.05) is 0 Å². The van der Waals surface area contributed by atoms with E-state index in [1.54, 1.807) is 0 Å².